The van der Waals surface area contributed by atoms with E-state index in [1.807, 2.05) is 12.1 Å². The third-order valence-corrected chi connectivity index (χ3v) is 6.09. The Morgan fingerprint density at radius 1 is 1.03 bits per heavy atom. The summed E-state index contributed by atoms with van der Waals surface area (Å²) < 4.78 is 5.88. The van der Waals surface area contributed by atoms with E-state index in [2.05, 4.69) is 45.9 Å². The molecule has 2 heterocycles. The molecule has 0 amide bonds. The molecule has 0 bridgehead atoms. The van der Waals surface area contributed by atoms with Gasteiger partial charge in [0.1, 0.15) is 0 Å². The van der Waals surface area contributed by atoms with Crippen molar-refractivity contribution in [1.82, 2.24) is 0 Å². The number of nitrogens with zero attached hydrogens (tertiary/aromatic N) is 1. The van der Waals surface area contributed by atoms with Crippen LogP contribution in [0.5, 0.6) is 0 Å². The van der Waals surface area contributed by atoms with E-state index in [1.54, 1.807) is 19.1 Å². The minimum absolute atomic E-state index is 0.0417. The van der Waals surface area contributed by atoms with Crippen LogP contribution in [-0.4, -0.2) is 22.3 Å². The zero-order valence-electron chi connectivity index (χ0n) is 18.3. The molecule has 4 nitrogen and oxygen atoms in total. The monoisotopic (exact) mass is 395 g/mol. The predicted octanol–water partition coefficient (Wildman–Crippen LogP) is 6.37. The summed E-state index contributed by atoms with van der Waals surface area (Å²) >= 11 is 0. The van der Waals surface area contributed by atoms with E-state index in [0.717, 1.165) is 30.7 Å². The highest BCUT2D eigenvalue weighted by Crippen LogP contribution is 2.59. The number of carbonyl (C=O) groups excluding carboxylic acids is 1. The van der Waals surface area contributed by atoms with Crippen LogP contribution in [0.1, 0.15) is 77.1 Å². The lowest BCUT2D eigenvalue weighted by molar-refractivity contribution is 0.0870. The van der Waals surface area contributed by atoms with Crippen LogP contribution >= 0.6 is 0 Å². The van der Waals surface area contributed by atoms with Crippen LogP contribution < -0.4 is 5.06 Å². The lowest BCUT2D eigenvalue weighted by Crippen LogP contribution is -2.48. The topological polar surface area (TPSA) is 53.1 Å². The number of para-hydroxylation sites is 1. The maximum atomic E-state index is 13.1. The van der Waals surface area contributed by atoms with Gasteiger partial charge in [0, 0.05) is 12.0 Å². The standard InChI is InChI=1S/C25H33NO3/c1-18(2)10-8-11-19(3)12-9-13-20(4)16-17-25-23(27)21-14-6-7-15-22(21)26(28)24(25,5)29-25/h6-7,10,12,14-16,28H,8-9,11,13,17H2,1-5H3/b19-12+,20-16+. The largest absolute Gasteiger partial charge is 0.330 e. The van der Waals surface area contributed by atoms with Gasteiger partial charge in [0.2, 0.25) is 5.78 Å². The Morgan fingerprint density at radius 3 is 2.34 bits per heavy atom. The lowest BCUT2D eigenvalue weighted by Gasteiger charge is -2.31. The summed E-state index contributed by atoms with van der Waals surface area (Å²) in [7, 11) is 0. The summed E-state index contributed by atoms with van der Waals surface area (Å²) in [4.78, 5) is 13.1. The maximum Gasteiger partial charge on any atom is 0.202 e. The van der Waals surface area contributed by atoms with Crippen LogP contribution in [-0.2, 0) is 4.74 Å². The fraction of sp³-hybridized carbons (Fsp3) is 0.480. The Bertz CT molecular complexity index is 878. The molecule has 3 rings (SSSR count). The number of rotatable bonds is 8. The molecule has 0 aliphatic carbocycles. The molecule has 156 valence electrons. The Balaban J connectivity index is 1.60. The summed E-state index contributed by atoms with van der Waals surface area (Å²) in [6.45, 7) is 10.3. The quantitative estimate of drug-likeness (QED) is 0.410. The molecule has 0 saturated carbocycles. The Hall–Kier alpha value is -2.17. The maximum absolute atomic E-state index is 13.1. The number of allylic oxidation sites excluding steroid dienone is 5. The molecule has 2 aliphatic heterocycles. The van der Waals surface area contributed by atoms with E-state index in [4.69, 9.17) is 4.74 Å². The van der Waals surface area contributed by atoms with Crippen molar-refractivity contribution >= 4 is 11.5 Å². The molecule has 4 heteroatoms. The van der Waals surface area contributed by atoms with Gasteiger partial charge in [-0.15, -0.1) is 0 Å². The molecule has 1 aromatic carbocycles. The van der Waals surface area contributed by atoms with E-state index in [1.165, 1.54) is 16.7 Å². The zero-order valence-corrected chi connectivity index (χ0v) is 18.3. The molecule has 1 N–H and O–H groups in total. The first-order chi connectivity index (χ1) is 13.7. The van der Waals surface area contributed by atoms with Gasteiger partial charge >= 0.3 is 0 Å². The van der Waals surface area contributed by atoms with Crippen molar-refractivity contribution in [1.29, 1.82) is 0 Å². The number of ketones is 1. The van der Waals surface area contributed by atoms with E-state index < -0.39 is 11.3 Å². The second-order valence-electron chi connectivity index (χ2n) is 8.73. The average molecular weight is 396 g/mol. The smallest absolute Gasteiger partial charge is 0.202 e. The van der Waals surface area contributed by atoms with Crippen molar-refractivity contribution in [2.45, 2.75) is 78.0 Å². The highest BCUT2D eigenvalue weighted by atomic mass is 16.7. The van der Waals surface area contributed by atoms with Crippen molar-refractivity contribution in [2.24, 2.45) is 0 Å². The summed E-state index contributed by atoms with van der Waals surface area (Å²) in [5.74, 6) is -0.0417. The molecule has 2 atom stereocenters. The summed E-state index contributed by atoms with van der Waals surface area (Å²) in [6.07, 6.45) is 11.3. The third kappa shape index (κ3) is 4.10. The fourth-order valence-electron chi connectivity index (χ4n) is 4.06. The van der Waals surface area contributed by atoms with Crippen LogP contribution in [0, 0.1) is 0 Å². The molecule has 0 radical (unpaired) electrons. The molecule has 1 fully saturated rings. The first-order valence-corrected chi connectivity index (χ1v) is 10.5. The van der Waals surface area contributed by atoms with Crippen LogP contribution in [0.3, 0.4) is 0 Å². The molecule has 29 heavy (non-hydrogen) atoms. The minimum atomic E-state index is -0.993. The van der Waals surface area contributed by atoms with Gasteiger partial charge in [0.15, 0.2) is 11.3 Å². The highest BCUT2D eigenvalue weighted by molar-refractivity contribution is 6.12. The number of fused-ring (bicyclic) bond motifs is 2. The summed E-state index contributed by atoms with van der Waals surface area (Å²) in [6, 6.07) is 7.13. The zero-order chi connectivity index (χ0) is 21.2. The van der Waals surface area contributed by atoms with Crippen molar-refractivity contribution in [3.8, 4) is 0 Å². The number of epoxide rings is 1. The Kier molecular flexibility index (Phi) is 6.16. The Labute approximate surface area is 174 Å². The molecule has 1 aromatic rings. The molecule has 1 saturated heterocycles. The first-order valence-electron chi connectivity index (χ1n) is 10.5. The van der Waals surface area contributed by atoms with Crippen LogP contribution in [0.15, 0.2) is 59.2 Å². The SMILES string of the molecule is CC(C)=CCC/C(C)=C/CC/C(C)=C/CC12OC1(C)N(O)c1ccccc1C2=O. The number of hydrogen-bond acceptors (Lipinski definition) is 4. The fourth-order valence-corrected chi connectivity index (χ4v) is 4.06. The van der Waals surface area contributed by atoms with Gasteiger partial charge in [-0.2, -0.15) is 0 Å². The molecule has 0 aromatic heterocycles. The second-order valence-corrected chi connectivity index (χ2v) is 8.73. The normalized spacial score (nSPS) is 26.1. The Morgan fingerprint density at radius 2 is 1.66 bits per heavy atom. The van der Waals surface area contributed by atoms with Gasteiger partial charge in [0.05, 0.1) is 5.69 Å². The predicted molar refractivity (Wildman–Crippen MR) is 117 cm³/mol. The van der Waals surface area contributed by atoms with E-state index in [9.17, 15) is 10.0 Å². The number of benzene rings is 1. The highest BCUT2D eigenvalue weighted by Gasteiger charge is 2.77. The van der Waals surface area contributed by atoms with Gasteiger partial charge in [-0.25, -0.2) is 5.06 Å². The number of anilines is 1. The van der Waals surface area contributed by atoms with Gasteiger partial charge in [-0.1, -0.05) is 47.1 Å². The van der Waals surface area contributed by atoms with Crippen molar-refractivity contribution in [3.05, 3.63) is 64.8 Å². The first kappa shape index (κ1) is 21.5. The van der Waals surface area contributed by atoms with E-state index in [0.29, 0.717) is 17.7 Å². The summed E-state index contributed by atoms with van der Waals surface area (Å²) in [5.41, 5.74) is 3.08. The third-order valence-electron chi connectivity index (χ3n) is 6.09. The summed E-state index contributed by atoms with van der Waals surface area (Å²) in [5, 5.41) is 11.7. The van der Waals surface area contributed by atoms with Gasteiger partial charge in [0.25, 0.3) is 0 Å². The van der Waals surface area contributed by atoms with Gasteiger partial charge in [-0.05, 0) is 72.4 Å². The van der Waals surface area contributed by atoms with Crippen LogP contribution in [0.25, 0.3) is 0 Å². The van der Waals surface area contributed by atoms with Gasteiger partial charge < -0.3 is 4.74 Å². The number of ether oxygens (including phenoxy) is 1. The van der Waals surface area contributed by atoms with Crippen molar-refractivity contribution in [2.75, 3.05) is 5.06 Å². The molecular formula is C25H33NO3. The number of Topliss-reactive ketones (excluding diaryl/α,β-unsaturated/α-hetero) is 1. The van der Waals surface area contributed by atoms with Gasteiger partial charge in [-0.3, -0.25) is 10.0 Å². The van der Waals surface area contributed by atoms with Crippen LogP contribution in [0.4, 0.5) is 5.69 Å². The van der Waals surface area contributed by atoms with Crippen molar-refractivity contribution in [3.63, 3.8) is 0 Å². The molecular weight excluding hydrogens is 362 g/mol. The number of carbonyl (C=O) groups is 1. The average Bonchev–Trinajstić information content (AvgIpc) is 3.32. The van der Waals surface area contributed by atoms with E-state index in [-0.39, 0.29) is 5.78 Å². The lowest BCUT2D eigenvalue weighted by atomic mass is 9.83. The minimum Gasteiger partial charge on any atom is -0.330 e. The molecule has 2 aliphatic rings. The van der Waals surface area contributed by atoms with Crippen molar-refractivity contribution < 1.29 is 14.7 Å². The molecule has 0 spiro atoms. The van der Waals surface area contributed by atoms with Crippen LogP contribution in [0.2, 0.25) is 0 Å². The van der Waals surface area contributed by atoms with E-state index >= 15 is 0 Å². The number of hydrogen-bond donors (Lipinski definition) is 1. The second kappa shape index (κ2) is 8.29. The molecule has 2 unspecified atom stereocenters. The number of hydroxylamine groups is 1.